The summed E-state index contributed by atoms with van der Waals surface area (Å²) in [6.07, 6.45) is 4.22. The topological polar surface area (TPSA) is 9.23 Å². The van der Waals surface area contributed by atoms with Crippen molar-refractivity contribution in [2.75, 3.05) is 7.11 Å². The van der Waals surface area contributed by atoms with Crippen molar-refractivity contribution in [2.24, 2.45) is 0 Å². The van der Waals surface area contributed by atoms with Crippen LogP contribution in [0.1, 0.15) is 10.4 Å². The molecule has 15 heavy (non-hydrogen) atoms. The molecule has 0 N–H and O–H groups in total. The molecule has 0 aliphatic carbocycles. The molecule has 0 bridgehead atoms. The van der Waals surface area contributed by atoms with Gasteiger partial charge in [0.1, 0.15) is 5.75 Å². The molecule has 0 unspecified atom stereocenters. The predicted octanol–water partition coefficient (Wildman–Crippen LogP) is 3.93. The van der Waals surface area contributed by atoms with E-state index in [2.05, 4.69) is 29.7 Å². The lowest BCUT2D eigenvalue weighted by Crippen LogP contribution is -1.81. The molecule has 0 fully saturated rings. The molecular weight excluding hydrogens is 204 g/mol. The second-order valence-corrected chi connectivity index (χ2v) is 4.10. The maximum Gasteiger partial charge on any atom is 0.118 e. The van der Waals surface area contributed by atoms with Gasteiger partial charge in [-0.05, 0) is 35.2 Å². The maximum atomic E-state index is 5.10. The fraction of sp³-hybridized carbons (Fsp3) is 0.0769. The standard InChI is InChI=1S/C13H12OS/c1-14-12-7-4-11(5-8-12)6-9-13-3-2-10-15-13/h2-10H,1H3/b9-6+. The van der Waals surface area contributed by atoms with Gasteiger partial charge in [0.15, 0.2) is 0 Å². The Labute approximate surface area is 93.6 Å². The summed E-state index contributed by atoms with van der Waals surface area (Å²) < 4.78 is 5.10. The summed E-state index contributed by atoms with van der Waals surface area (Å²) in [5, 5.41) is 2.08. The van der Waals surface area contributed by atoms with E-state index >= 15 is 0 Å². The average Bonchev–Trinajstić information content (AvgIpc) is 2.80. The average molecular weight is 216 g/mol. The van der Waals surface area contributed by atoms with Crippen LogP contribution in [0.3, 0.4) is 0 Å². The molecule has 0 amide bonds. The van der Waals surface area contributed by atoms with E-state index in [1.165, 1.54) is 10.4 Å². The predicted molar refractivity (Wildman–Crippen MR) is 66.2 cm³/mol. The molecule has 76 valence electrons. The molecule has 0 saturated carbocycles. The molecule has 0 spiro atoms. The monoisotopic (exact) mass is 216 g/mol. The zero-order valence-electron chi connectivity index (χ0n) is 8.51. The number of rotatable bonds is 3. The second kappa shape index (κ2) is 4.80. The first-order chi connectivity index (χ1) is 7.38. The van der Waals surface area contributed by atoms with Crippen LogP contribution in [0.4, 0.5) is 0 Å². The van der Waals surface area contributed by atoms with Crippen LogP contribution in [0.15, 0.2) is 41.8 Å². The van der Waals surface area contributed by atoms with Gasteiger partial charge in [-0.2, -0.15) is 0 Å². The van der Waals surface area contributed by atoms with E-state index in [4.69, 9.17) is 4.74 Å². The number of thiophene rings is 1. The first-order valence-corrected chi connectivity index (χ1v) is 5.62. The molecule has 0 saturated heterocycles. The zero-order chi connectivity index (χ0) is 10.5. The van der Waals surface area contributed by atoms with Crippen LogP contribution in [0.25, 0.3) is 12.2 Å². The summed E-state index contributed by atoms with van der Waals surface area (Å²) in [4.78, 5) is 1.27. The van der Waals surface area contributed by atoms with E-state index in [1.54, 1.807) is 18.4 Å². The Morgan fingerprint density at radius 2 is 1.87 bits per heavy atom. The Bertz CT molecular complexity index is 426. The van der Waals surface area contributed by atoms with Gasteiger partial charge in [0, 0.05) is 4.88 Å². The Morgan fingerprint density at radius 1 is 1.07 bits per heavy atom. The fourth-order valence-corrected chi connectivity index (χ4v) is 1.90. The van der Waals surface area contributed by atoms with Gasteiger partial charge in [-0.15, -0.1) is 11.3 Å². The molecule has 0 radical (unpaired) electrons. The number of ether oxygens (including phenoxy) is 1. The van der Waals surface area contributed by atoms with Crippen LogP contribution in [0.5, 0.6) is 5.75 Å². The Hall–Kier alpha value is -1.54. The molecule has 1 heterocycles. The van der Waals surface area contributed by atoms with Crippen LogP contribution in [0.2, 0.25) is 0 Å². The molecule has 0 aliphatic rings. The van der Waals surface area contributed by atoms with E-state index in [9.17, 15) is 0 Å². The molecule has 0 aliphatic heterocycles. The van der Waals surface area contributed by atoms with Crippen molar-refractivity contribution in [1.82, 2.24) is 0 Å². The summed E-state index contributed by atoms with van der Waals surface area (Å²) >= 11 is 1.74. The zero-order valence-corrected chi connectivity index (χ0v) is 9.33. The van der Waals surface area contributed by atoms with Gasteiger partial charge in [0.05, 0.1) is 7.11 Å². The highest BCUT2D eigenvalue weighted by molar-refractivity contribution is 7.10. The van der Waals surface area contributed by atoms with E-state index in [0.29, 0.717) is 0 Å². The molecule has 2 aromatic rings. The summed E-state index contributed by atoms with van der Waals surface area (Å²) in [5.41, 5.74) is 1.18. The van der Waals surface area contributed by atoms with Gasteiger partial charge in [-0.3, -0.25) is 0 Å². The minimum absolute atomic E-state index is 0.892. The second-order valence-electron chi connectivity index (χ2n) is 3.12. The SMILES string of the molecule is COc1ccc(/C=C/c2cccs2)cc1. The molecule has 0 atom stereocenters. The minimum atomic E-state index is 0.892. The lowest BCUT2D eigenvalue weighted by Gasteiger charge is -1.98. The molecule has 1 aromatic carbocycles. The lowest BCUT2D eigenvalue weighted by atomic mass is 10.2. The van der Waals surface area contributed by atoms with Gasteiger partial charge >= 0.3 is 0 Å². The number of benzene rings is 1. The number of hydrogen-bond donors (Lipinski definition) is 0. The first-order valence-electron chi connectivity index (χ1n) is 4.74. The van der Waals surface area contributed by atoms with Crippen molar-refractivity contribution in [1.29, 1.82) is 0 Å². The van der Waals surface area contributed by atoms with Gasteiger partial charge in [-0.25, -0.2) is 0 Å². The molecule has 2 rings (SSSR count). The van der Waals surface area contributed by atoms with Crippen molar-refractivity contribution >= 4 is 23.5 Å². The van der Waals surface area contributed by atoms with Gasteiger partial charge < -0.3 is 4.74 Å². The van der Waals surface area contributed by atoms with Gasteiger partial charge in [0.2, 0.25) is 0 Å². The van der Waals surface area contributed by atoms with Crippen molar-refractivity contribution in [3.05, 3.63) is 52.2 Å². The van der Waals surface area contributed by atoms with Crippen LogP contribution in [0, 0.1) is 0 Å². The molecular formula is C13H12OS. The van der Waals surface area contributed by atoms with Crippen LogP contribution in [-0.4, -0.2) is 7.11 Å². The van der Waals surface area contributed by atoms with Crippen molar-refractivity contribution in [3.63, 3.8) is 0 Å². The highest BCUT2D eigenvalue weighted by Gasteiger charge is 1.90. The minimum Gasteiger partial charge on any atom is -0.497 e. The maximum absolute atomic E-state index is 5.10. The molecule has 1 nitrogen and oxygen atoms in total. The van der Waals surface area contributed by atoms with Crippen LogP contribution >= 0.6 is 11.3 Å². The van der Waals surface area contributed by atoms with E-state index in [0.717, 1.165) is 5.75 Å². The highest BCUT2D eigenvalue weighted by atomic mass is 32.1. The van der Waals surface area contributed by atoms with E-state index < -0.39 is 0 Å². The van der Waals surface area contributed by atoms with Gasteiger partial charge in [-0.1, -0.05) is 24.3 Å². The number of hydrogen-bond acceptors (Lipinski definition) is 2. The highest BCUT2D eigenvalue weighted by Crippen LogP contribution is 2.15. The largest absolute Gasteiger partial charge is 0.497 e. The smallest absolute Gasteiger partial charge is 0.118 e. The van der Waals surface area contributed by atoms with Crippen molar-refractivity contribution in [3.8, 4) is 5.75 Å². The van der Waals surface area contributed by atoms with Gasteiger partial charge in [0.25, 0.3) is 0 Å². The van der Waals surface area contributed by atoms with Crippen molar-refractivity contribution < 1.29 is 4.74 Å². The van der Waals surface area contributed by atoms with Crippen molar-refractivity contribution in [2.45, 2.75) is 0 Å². The fourth-order valence-electron chi connectivity index (χ4n) is 1.28. The Balaban J connectivity index is 2.11. The third-order valence-electron chi connectivity index (χ3n) is 2.10. The normalized spacial score (nSPS) is 10.7. The van der Waals surface area contributed by atoms with E-state index in [-0.39, 0.29) is 0 Å². The quantitative estimate of drug-likeness (QED) is 0.755. The van der Waals surface area contributed by atoms with E-state index in [1.807, 2.05) is 24.3 Å². The van der Waals surface area contributed by atoms with Crippen LogP contribution in [-0.2, 0) is 0 Å². The number of methoxy groups -OCH3 is 1. The summed E-state index contributed by atoms with van der Waals surface area (Å²) in [6.45, 7) is 0. The third-order valence-corrected chi connectivity index (χ3v) is 2.94. The molecule has 1 aromatic heterocycles. The summed E-state index contributed by atoms with van der Waals surface area (Å²) in [6, 6.07) is 12.2. The Kier molecular flexibility index (Phi) is 3.20. The molecule has 2 heteroatoms. The van der Waals surface area contributed by atoms with Crippen LogP contribution < -0.4 is 4.74 Å². The third kappa shape index (κ3) is 2.70. The summed E-state index contributed by atoms with van der Waals surface area (Å²) in [5.74, 6) is 0.892. The summed E-state index contributed by atoms with van der Waals surface area (Å²) in [7, 11) is 1.68. The Morgan fingerprint density at radius 3 is 2.47 bits per heavy atom. The lowest BCUT2D eigenvalue weighted by molar-refractivity contribution is 0.415. The first kappa shape index (κ1) is 9.99.